The minimum absolute atomic E-state index is 0.0311. The van der Waals surface area contributed by atoms with E-state index >= 15 is 0 Å². The van der Waals surface area contributed by atoms with E-state index in [-0.39, 0.29) is 18.1 Å². The maximum Gasteiger partial charge on any atom is 0.252 e. The van der Waals surface area contributed by atoms with Gasteiger partial charge in [-0.05, 0) is 38.8 Å². The van der Waals surface area contributed by atoms with Gasteiger partial charge in [0.2, 0.25) is 0 Å². The lowest BCUT2D eigenvalue weighted by Crippen LogP contribution is -2.34. The summed E-state index contributed by atoms with van der Waals surface area (Å²) in [7, 11) is 0. The van der Waals surface area contributed by atoms with Gasteiger partial charge in [-0.25, -0.2) is 0 Å². The number of aliphatic hydroxyl groups is 1. The zero-order valence-electron chi connectivity index (χ0n) is 11.4. The van der Waals surface area contributed by atoms with Crippen LogP contribution in [0.25, 0.3) is 0 Å². The van der Waals surface area contributed by atoms with E-state index < -0.39 is 0 Å². The van der Waals surface area contributed by atoms with Gasteiger partial charge in [0.15, 0.2) is 0 Å². The largest absolute Gasteiger partial charge is 0.395 e. The lowest BCUT2D eigenvalue weighted by atomic mass is 10.0. The van der Waals surface area contributed by atoms with Gasteiger partial charge >= 0.3 is 0 Å². The Kier molecular flexibility index (Phi) is 3.92. The molecule has 2 rings (SSSR count). The summed E-state index contributed by atoms with van der Waals surface area (Å²) in [5.74, 6) is 5.76. The van der Waals surface area contributed by atoms with E-state index in [1.807, 2.05) is 25.1 Å². The lowest BCUT2D eigenvalue weighted by Gasteiger charge is -2.13. The number of rotatable bonds is 3. The molecule has 1 aromatic rings. The normalized spacial score (nSPS) is 15.3. The van der Waals surface area contributed by atoms with Crippen LogP contribution in [0.3, 0.4) is 0 Å². The van der Waals surface area contributed by atoms with Crippen LogP contribution in [0.4, 0.5) is 0 Å². The fourth-order valence-electron chi connectivity index (χ4n) is 1.82. The summed E-state index contributed by atoms with van der Waals surface area (Å²) < 4.78 is 0. The number of aryl methyl sites for hydroxylation is 1. The Morgan fingerprint density at radius 2 is 2.21 bits per heavy atom. The van der Waals surface area contributed by atoms with E-state index in [9.17, 15) is 4.79 Å². The van der Waals surface area contributed by atoms with Crippen LogP contribution in [0.15, 0.2) is 18.2 Å². The molecule has 100 valence electrons. The lowest BCUT2D eigenvalue weighted by molar-refractivity contribution is 0.0935. The highest BCUT2D eigenvalue weighted by Crippen LogP contribution is 2.34. The molecule has 0 bridgehead atoms. The first-order valence-corrected chi connectivity index (χ1v) is 6.57. The molecule has 1 fully saturated rings. The van der Waals surface area contributed by atoms with Crippen molar-refractivity contribution in [2.75, 3.05) is 6.61 Å². The van der Waals surface area contributed by atoms with Gasteiger partial charge in [0, 0.05) is 17.5 Å². The molecule has 0 heterocycles. The van der Waals surface area contributed by atoms with Crippen LogP contribution >= 0.6 is 0 Å². The number of nitrogens with one attached hydrogen (secondary N) is 1. The Morgan fingerprint density at radius 1 is 1.47 bits per heavy atom. The molecule has 0 aromatic heterocycles. The third kappa shape index (κ3) is 3.59. The molecule has 0 radical (unpaired) electrons. The number of hydrogen-bond donors (Lipinski definition) is 2. The maximum atomic E-state index is 12.3. The summed E-state index contributed by atoms with van der Waals surface area (Å²) in [6, 6.07) is 5.67. The summed E-state index contributed by atoms with van der Waals surface area (Å²) in [5, 5.41) is 11.8. The van der Waals surface area contributed by atoms with Crippen molar-refractivity contribution in [2.24, 2.45) is 0 Å². The molecule has 3 heteroatoms. The minimum Gasteiger partial charge on any atom is -0.395 e. The van der Waals surface area contributed by atoms with Crippen molar-refractivity contribution in [3.63, 3.8) is 0 Å². The molecule has 0 spiro atoms. The van der Waals surface area contributed by atoms with Crippen LogP contribution in [-0.4, -0.2) is 23.2 Å². The maximum absolute atomic E-state index is 12.3. The molecular formula is C16H19NO2. The third-order valence-corrected chi connectivity index (χ3v) is 3.29. The highest BCUT2D eigenvalue weighted by Gasteiger charge is 2.39. The van der Waals surface area contributed by atoms with E-state index in [1.165, 1.54) is 0 Å². The number of amides is 1. The highest BCUT2D eigenvalue weighted by molar-refractivity contribution is 5.97. The molecule has 1 aliphatic rings. The molecule has 2 N–H and O–H groups in total. The Hall–Kier alpha value is -1.79. The second-order valence-corrected chi connectivity index (χ2v) is 5.34. The Balaban J connectivity index is 2.24. The van der Waals surface area contributed by atoms with E-state index in [4.69, 9.17) is 5.11 Å². The first-order chi connectivity index (χ1) is 9.04. The van der Waals surface area contributed by atoms with Gasteiger partial charge < -0.3 is 10.4 Å². The van der Waals surface area contributed by atoms with Crippen molar-refractivity contribution in [1.29, 1.82) is 0 Å². The third-order valence-electron chi connectivity index (χ3n) is 3.29. The zero-order valence-corrected chi connectivity index (χ0v) is 11.4. The summed E-state index contributed by atoms with van der Waals surface area (Å²) in [6.07, 6.45) is 2.50. The first kappa shape index (κ1) is 13.6. The topological polar surface area (TPSA) is 49.3 Å². The average molecular weight is 257 g/mol. The molecule has 0 unspecified atom stereocenters. The zero-order chi connectivity index (χ0) is 13.9. The molecule has 19 heavy (non-hydrogen) atoms. The monoisotopic (exact) mass is 257 g/mol. The van der Waals surface area contributed by atoms with Crippen LogP contribution in [-0.2, 0) is 0 Å². The van der Waals surface area contributed by atoms with Crippen molar-refractivity contribution in [1.82, 2.24) is 5.32 Å². The summed E-state index contributed by atoms with van der Waals surface area (Å²) in [6.45, 7) is 4.05. The van der Waals surface area contributed by atoms with Gasteiger partial charge in [-0.1, -0.05) is 23.5 Å². The average Bonchev–Trinajstić information content (AvgIpc) is 3.08. The smallest absolute Gasteiger partial charge is 0.252 e. The fraction of sp³-hybridized carbons (Fsp3) is 0.438. The van der Waals surface area contributed by atoms with Crippen LogP contribution in [0, 0.1) is 18.8 Å². The van der Waals surface area contributed by atoms with Crippen LogP contribution in [0.5, 0.6) is 0 Å². The number of hydrogen-bond acceptors (Lipinski definition) is 2. The quantitative estimate of drug-likeness (QED) is 0.814. The van der Waals surface area contributed by atoms with Crippen molar-refractivity contribution in [3.8, 4) is 11.8 Å². The Morgan fingerprint density at radius 3 is 2.84 bits per heavy atom. The molecule has 1 aliphatic carbocycles. The van der Waals surface area contributed by atoms with Crippen molar-refractivity contribution in [2.45, 2.75) is 38.6 Å². The SMILES string of the molecule is Cc1ccc(C#CCCO)c(C(=O)NC2(C)CC2)c1. The standard InChI is InChI=1S/C16H19NO2/c1-12-6-7-13(5-3-4-10-18)14(11-12)15(19)17-16(2)8-9-16/h6-7,11,18H,4,8-10H2,1-2H3,(H,17,19). The van der Waals surface area contributed by atoms with Crippen molar-refractivity contribution >= 4 is 5.91 Å². The molecule has 0 saturated heterocycles. The van der Waals surface area contributed by atoms with Gasteiger partial charge in [-0.3, -0.25) is 4.79 Å². The molecule has 1 saturated carbocycles. The van der Waals surface area contributed by atoms with Gasteiger partial charge in [-0.15, -0.1) is 0 Å². The number of benzene rings is 1. The van der Waals surface area contributed by atoms with Gasteiger partial charge in [0.1, 0.15) is 0 Å². The molecule has 0 atom stereocenters. The van der Waals surface area contributed by atoms with Crippen molar-refractivity contribution < 1.29 is 9.90 Å². The molecular weight excluding hydrogens is 238 g/mol. The number of aliphatic hydroxyl groups excluding tert-OH is 1. The van der Waals surface area contributed by atoms with Crippen LogP contribution in [0.1, 0.15) is 47.7 Å². The van der Waals surface area contributed by atoms with E-state index in [0.29, 0.717) is 12.0 Å². The molecule has 1 amide bonds. The predicted molar refractivity (Wildman–Crippen MR) is 74.9 cm³/mol. The Bertz CT molecular complexity index is 548. The second-order valence-electron chi connectivity index (χ2n) is 5.34. The highest BCUT2D eigenvalue weighted by atomic mass is 16.2. The van der Waals surface area contributed by atoms with E-state index in [0.717, 1.165) is 24.0 Å². The molecule has 1 aromatic carbocycles. The van der Waals surface area contributed by atoms with Gasteiger partial charge in [0.05, 0.1) is 12.2 Å². The van der Waals surface area contributed by atoms with Crippen molar-refractivity contribution in [3.05, 3.63) is 34.9 Å². The Labute approximate surface area is 114 Å². The van der Waals surface area contributed by atoms with E-state index in [2.05, 4.69) is 24.1 Å². The number of carbonyl (C=O) groups excluding carboxylic acids is 1. The first-order valence-electron chi connectivity index (χ1n) is 6.57. The van der Waals surface area contributed by atoms with Gasteiger partial charge in [0.25, 0.3) is 5.91 Å². The second kappa shape index (κ2) is 5.46. The van der Waals surface area contributed by atoms with Gasteiger partial charge in [-0.2, -0.15) is 0 Å². The molecule has 0 aliphatic heterocycles. The summed E-state index contributed by atoms with van der Waals surface area (Å²) in [4.78, 5) is 12.3. The van der Waals surface area contributed by atoms with Crippen LogP contribution in [0.2, 0.25) is 0 Å². The molecule has 3 nitrogen and oxygen atoms in total. The summed E-state index contributed by atoms with van der Waals surface area (Å²) >= 11 is 0. The minimum atomic E-state index is -0.0583. The summed E-state index contributed by atoms with van der Waals surface area (Å²) in [5.41, 5.74) is 2.36. The fourth-order valence-corrected chi connectivity index (χ4v) is 1.82. The van der Waals surface area contributed by atoms with E-state index in [1.54, 1.807) is 0 Å². The predicted octanol–water partition coefficient (Wildman–Crippen LogP) is 2.01. The van der Waals surface area contributed by atoms with Crippen LogP contribution < -0.4 is 5.32 Å². The number of carbonyl (C=O) groups is 1.